The quantitative estimate of drug-likeness (QED) is 0.771. The van der Waals surface area contributed by atoms with Crippen molar-refractivity contribution < 1.29 is 27.5 Å². The number of sulfonamides is 1. The molecule has 0 atom stereocenters. The molecule has 0 saturated carbocycles. The molecule has 2 rings (SSSR count). The fourth-order valence-corrected chi connectivity index (χ4v) is 3.62. The highest BCUT2D eigenvalue weighted by molar-refractivity contribution is 7.90. The lowest BCUT2D eigenvalue weighted by molar-refractivity contribution is -0.118. The van der Waals surface area contributed by atoms with Crippen molar-refractivity contribution in [3.63, 3.8) is 0 Å². The molecule has 0 aliphatic carbocycles. The van der Waals surface area contributed by atoms with E-state index in [1.54, 1.807) is 12.1 Å². The summed E-state index contributed by atoms with van der Waals surface area (Å²) in [5, 5.41) is 0. The number of carbonyl (C=O) groups excluding carboxylic acids is 2. The van der Waals surface area contributed by atoms with Gasteiger partial charge in [0.25, 0.3) is 10.0 Å². The summed E-state index contributed by atoms with van der Waals surface area (Å²) in [4.78, 5) is 23.7. The summed E-state index contributed by atoms with van der Waals surface area (Å²) in [6, 6.07) is 10.8. The summed E-state index contributed by atoms with van der Waals surface area (Å²) in [5.74, 6) is -1.06. The van der Waals surface area contributed by atoms with Crippen LogP contribution in [-0.2, 0) is 26.0 Å². The first-order valence-corrected chi connectivity index (χ1v) is 9.13. The summed E-state index contributed by atoms with van der Waals surface area (Å²) < 4.78 is 36.8. The second kappa shape index (κ2) is 8.01. The summed E-state index contributed by atoms with van der Waals surface area (Å²) in [6.45, 7) is 1.85. The molecule has 2 aromatic carbocycles. The molecule has 0 aromatic heterocycles. The molecule has 0 saturated heterocycles. The molecular weight excluding hydrogens is 358 g/mol. The summed E-state index contributed by atoms with van der Waals surface area (Å²) in [7, 11) is -1.62. The number of rotatable bonds is 6. The molecule has 1 amide bonds. The van der Waals surface area contributed by atoms with Gasteiger partial charge in [0.2, 0.25) is 5.91 Å². The molecule has 0 aliphatic rings. The molecule has 7 nitrogen and oxygen atoms in total. The number of carbonyl (C=O) groups is 2. The minimum Gasteiger partial charge on any atom is -0.496 e. The van der Waals surface area contributed by atoms with E-state index in [0.717, 1.165) is 12.7 Å². The van der Waals surface area contributed by atoms with Crippen LogP contribution in [0.2, 0.25) is 0 Å². The fraction of sp³-hybridized carbons (Fsp3) is 0.222. The van der Waals surface area contributed by atoms with Crippen LogP contribution in [0.15, 0.2) is 47.4 Å². The normalized spacial score (nSPS) is 10.9. The Morgan fingerprint density at radius 1 is 1.08 bits per heavy atom. The predicted molar refractivity (Wildman–Crippen MR) is 94.5 cm³/mol. The van der Waals surface area contributed by atoms with Gasteiger partial charge in [0.05, 0.1) is 26.2 Å². The molecule has 2 aromatic rings. The number of ether oxygens (including phenoxy) is 2. The van der Waals surface area contributed by atoms with Crippen LogP contribution < -0.4 is 9.46 Å². The minimum absolute atomic E-state index is 0.150. The van der Waals surface area contributed by atoms with E-state index < -0.39 is 21.9 Å². The number of methoxy groups -OCH3 is 2. The fourth-order valence-electron chi connectivity index (χ4n) is 2.44. The molecule has 0 unspecified atom stereocenters. The molecule has 8 heteroatoms. The molecule has 1 N–H and O–H groups in total. The van der Waals surface area contributed by atoms with Gasteiger partial charge in [-0.25, -0.2) is 17.9 Å². The number of hydrogen-bond donors (Lipinski definition) is 1. The Bertz CT molecular complexity index is 936. The Hall–Kier alpha value is -2.87. The van der Waals surface area contributed by atoms with Crippen molar-refractivity contribution in [3.8, 4) is 5.75 Å². The van der Waals surface area contributed by atoms with Gasteiger partial charge in [-0.3, -0.25) is 4.79 Å². The highest BCUT2D eigenvalue weighted by Gasteiger charge is 2.25. The lowest BCUT2D eigenvalue weighted by Crippen LogP contribution is -2.33. The highest BCUT2D eigenvalue weighted by atomic mass is 32.2. The van der Waals surface area contributed by atoms with E-state index in [0.29, 0.717) is 11.3 Å². The molecule has 0 heterocycles. The van der Waals surface area contributed by atoms with Crippen LogP contribution in [-0.4, -0.2) is 34.5 Å². The van der Waals surface area contributed by atoms with E-state index in [4.69, 9.17) is 4.74 Å². The van der Waals surface area contributed by atoms with Gasteiger partial charge >= 0.3 is 5.97 Å². The van der Waals surface area contributed by atoms with Gasteiger partial charge in [-0.15, -0.1) is 0 Å². The van der Waals surface area contributed by atoms with Gasteiger partial charge in [0, 0.05) is 5.56 Å². The smallest absolute Gasteiger partial charge is 0.339 e. The minimum atomic E-state index is -4.24. The van der Waals surface area contributed by atoms with Crippen LogP contribution in [0.4, 0.5) is 0 Å². The lowest BCUT2D eigenvalue weighted by atomic mass is 10.1. The summed E-state index contributed by atoms with van der Waals surface area (Å²) >= 11 is 0. The van der Waals surface area contributed by atoms with E-state index in [1.165, 1.54) is 31.4 Å². The Labute approximate surface area is 152 Å². The first-order valence-electron chi connectivity index (χ1n) is 7.65. The molecule has 26 heavy (non-hydrogen) atoms. The van der Waals surface area contributed by atoms with Gasteiger partial charge < -0.3 is 9.47 Å². The Kier molecular flexibility index (Phi) is 5.99. The first kappa shape index (κ1) is 19.5. The topological polar surface area (TPSA) is 98.8 Å². The molecule has 0 spiro atoms. The average Bonchev–Trinajstić information content (AvgIpc) is 2.60. The molecule has 0 fully saturated rings. The Morgan fingerprint density at radius 2 is 1.77 bits per heavy atom. The number of benzene rings is 2. The monoisotopic (exact) mass is 377 g/mol. The predicted octanol–water partition coefficient (Wildman–Crippen LogP) is 1.84. The zero-order chi connectivity index (χ0) is 19.3. The van der Waals surface area contributed by atoms with Crippen LogP contribution in [0.5, 0.6) is 5.75 Å². The zero-order valence-corrected chi connectivity index (χ0v) is 15.4. The Balaban J connectivity index is 2.27. The standard InChI is InChI=1S/C18H19NO6S/c1-12-8-9-15(24-2)13(10-12)11-17(20)19-26(22,23)16-7-5-4-6-14(16)18(21)25-3/h4-10H,11H2,1-3H3,(H,19,20). The molecule has 0 aliphatic heterocycles. The largest absolute Gasteiger partial charge is 0.496 e. The second-order valence-electron chi connectivity index (χ2n) is 5.51. The van der Waals surface area contributed by atoms with Crippen LogP contribution in [0.3, 0.4) is 0 Å². The van der Waals surface area contributed by atoms with E-state index in [2.05, 4.69) is 4.74 Å². The van der Waals surface area contributed by atoms with Crippen molar-refractivity contribution in [1.29, 1.82) is 0 Å². The first-order chi connectivity index (χ1) is 12.3. The maximum absolute atomic E-state index is 12.5. The number of hydrogen-bond acceptors (Lipinski definition) is 6. The van der Waals surface area contributed by atoms with Crippen molar-refractivity contribution in [2.75, 3.05) is 14.2 Å². The van der Waals surface area contributed by atoms with Crippen molar-refractivity contribution >= 4 is 21.9 Å². The van der Waals surface area contributed by atoms with Gasteiger partial charge in [-0.05, 0) is 25.1 Å². The average molecular weight is 377 g/mol. The molecule has 138 valence electrons. The number of aryl methyl sites for hydroxylation is 1. The summed E-state index contributed by atoms with van der Waals surface area (Å²) in [6.07, 6.45) is -0.190. The van der Waals surface area contributed by atoms with Gasteiger partial charge in [0.1, 0.15) is 10.6 Å². The number of nitrogens with one attached hydrogen (secondary N) is 1. The van der Waals surface area contributed by atoms with E-state index in [1.807, 2.05) is 17.7 Å². The van der Waals surface area contributed by atoms with Crippen molar-refractivity contribution in [2.24, 2.45) is 0 Å². The van der Waals surface area contributed by atoms with Gasteiger partial charge in [0.15, 0.2) is 0 Å². The SMILES string of the molecule is COC(=O)c1ccccc1S(=O)(=O)NC(=O)Cc1cc(C)ccc1OC. The maximum Gasteiger partial charge on any atom is 0.339 e. The van der Waals surface area contributed by atoms with Crippen LogP contribution in [0.25, 0.3) is 0 Å². The number of esters is 1. The van der Waals surface area contributed by atoms with Crippen LogP contribution in [0, 0.1) is 6.92 Å². The second-order valence-corrected chi connectivity index (χ2v) is 7.16. The maximum atomic E-state index is 12.5. The third-order valence-electron chi connectivity index (χ3n) is 3.62. The van der Waals surface area contributed by atoms with Gasteiger partial charge in [-0.1, -0.05) is 29.8 Å². The molecule has 0 radical (unpaired) electrons. The third kappa shape index (κ3) is 4.40. The highest BCUT2D eigenvalue weighted by Crippen LogP contribution is 2.21. The van der Waals surface area contributed by atoms with Gasteiger partial charge in [-0.2, -0.15) is 0 Å². The van der Waals surface area contributed by atoms with E-state index in [-0.39, 0.29) is 16.9 Å². The molecule has 0 bridgehead atoms. The van der Waals surface area contributed by atoms with Crippen molar-refractivity contribution in [3.05, 3.63) is 59.2 Å². The zero-order valence-electron chi connectivity index (χ0n) is 14.6. The summed E-state index contributed by atoms with van der Waals surface area (Å²) in [5.41, 5.74) is 1.32. The third-order valence-corrected chi connectivity index (χ3v) is 5.05. The van der Waals surface area contributed by atoms with Crippen molar-refractivity contribution in [1.82, 2.24) is 4.72 Å². The van der Waals surface area contributed by atoms with E-state index in [9.17, 15) is 18.0 Å². The lowest BCUT2D eigenvalue weighted by Gasteiger charge is -2.12. The van der Waals surface area contributed by atoms with Crippen LogP contribution >= 0.6 is 0 Å². The Morgan fingerprint density at radius 3 is 2.42 bits per heavy atom. The van der Waals surface area contributed by atoms with E-state index >= 15 is 0 Å². The number of amides is 1. The molecular formula is C18H19NO6S. The van der Waals surface area contributed by atoms with Crippen LogP contribution in [0.1, 0.15) is 21.5 Å². The van der Waals surface area contributed by atoms with Crippen molar-refractivity contribution in [2.45, 2.75) is 18.2 Å².